The number of para-hydroxylation sites is 1. The van der Waals surface area contributed by atoms with Gasteiger partial charge >= 0.3 is 0 Å². The van der Waals surface area contributed by atoms with Crippen LogP contribution in [-0.4, -0.2) is 26.0 Å². The molecule has 6 heteroatoms. The first-order chi connectivity index (χ1) is 9.48. The van der Waals surface area contributed by atoms with Crippen molar-refractivity contribution in [2.24, 2.45) is 0 Å². The number of benzene rings is 1. The van der Waals surface area contributed by atoms with Gasteiger partial charge in [0.1, 0.15) is 0 Å². The summed E-state index contributed by atoms with van der Waals surface area (Å²) < 4.78 is 26.3. The zero-order valence-electron chi connectivity index (χ0n) is 11.5. The van der Waals surface area contributed by atoms with E-state index in [1.807, 2.05) is 25.1 Å². The van der Waals surface area contributed by atoms with Crippen molar-refractivity contribution in [3.63, 3.8) is 0 Å². The quantitative estimate of drug-likeness (QED) is 0.438. The highest BCUT2D eigenvalue weighted by molar-refractivity contribution is 8.00. The molecule has 0 radical (unpaired) electrons. The molecule has 0 spiro atoms. The van der Waals surface area contributed by atoms with E-state index in [0.717, 1.165) is 11.3 Å². The van der Waals surface area contributed by atoms with Gasteiger partial charge in [-0.3, -0.25) is 0 Å². The summed E-state index contributed by atoms with van der Waals surface area (Å²) in [5, 5.41) is 0. The van der Waals surface area contributed by atoms with Crippen molar-refractivity contribution in [2.75, 3.05) is 17.2 Å². The van der Waals surface area contributed by atoms with Crippen molar-refractivity contribution in [1.82, 2.24) is 4.72 Å². The average Bonchev–Trinajstić information content (AvgIpc) is 2.40. The highest BCUT2D eigenvalue weighted by atomic mass is 32.2. The molecule has 0 bridgehead atoms. The third-order valence-corrected chi connectivity index (χ3v) is 5.36. The predicted molar refractivity (Wildman–Crippen MR) is 86.0 cm³/mol. The second kappa shape index (κ2) is 8.20. The number of rotatable bonds is 8. The number of thioether (sulfide) groups is 1. The molecule has 0 aliphatic heterocycles. The van der Waals surface area contributed by atoms with Crippen molar-refractivity contribution < 1.29 is 8.42 Å². The summed E-state index contributed by atoms with van der Waals surface area (Å²) in [5.41, 5.74) is 6.46. The Morgan fingerprint density at radius 3 is 2.75 bits per heavy atom. The van der Waals surface area contributed by atoms with Gasteiger partial charge in [-0.2, -0.15) is 0 Å². The molecule has 0 saturated heterocycles. The molecule has 0 fully saturated rings. The zero-order chi connectivity index (χ0) is 15.0. The lowest BCUT2D eigenvalue weighted by molar-refractivity contribution is 0.566. The standard InChI is InChI=1S/C14H20N2O2S2/c1-3-7-12(4-2)16-20(17,18)11-10-19-14-9-6-5-8-13(14)15/h2,5-6,8-9,12,16H,3,7,10-11,15H2,1H3. The van der Waals surface area contributed by atoms with Gasteiger partial charge in [-0.05, 0) is 18.6 Å². The van der Waals surface area contributed by atoms with Crippen LogP contribution >= 0.6 is 11.8 Å². The Kier molecular flexibility index (Phi) is 6.93. The van der Waals surface area contributed by atoms with E-state index in [-0.39, 0.29) is 5.75 Å². The fraction of sp³-hybridized carbons (Fsp3) is 0.429. The van der Waals surface area contributed by atoms with E-state index in [1.54, 1.807) is 6.07 Å². The third kappa shape index (κ3) is 5.87. The second-order valence-corrected chi connectivity index (χ2v) is 7.34. The number of hydrogen-bond donors (Lipinski definition) is 2. The topological polar surface area (TPSA) is 72.2 Å². The molecule has 1 atom stereocenters. The molecule has 0 amide bonds. The molecule has 0 aliphatic rings. The molecule has 0 heterocycles. The number of nitrogen functional groups attached to an aromatic ring is 1. The molecule has 3 N–H and O–H groups in total. The fourth-order valence-electron chi connectivity index (χ4n) is 1.61. The highest BCUT2D eigenvalue weighted by Crippen LogP contribution is 2.24. The SMILES string of the molecule is C#CC(CCC)NS(=O)(=O)CCSc1ccccc1N. The van der Waals surface area contributed by atoms with Gasteiger partial charge in [0.2, 0.25) is 10.0 Å². The van der Waals surface area contributed by atoms with Crippen LogP contribution in [0, 0.1) is 12.3 Å². The lowest BCUT2D eigenvalue weighted by Gasteiger charge is -2.12. The molecule has 4 nitrogen and oxygen atoms in total. The zero-order valence-corrected chi connectivity index (χ0v) is 13.1. The van der Waals surface area contributed by atoms with E-state index in [2.05, 4.69) is 10.6 Å². The maximum Gasteiger partial charge on any atom is 0.213 e. The van der Waals surface area contributed by atoms with E-state index in [4.69, 9.17) is 12.2 Å². The summed E-state index contributed by atoms with van der Waals surface area (Å²) in [6.45, 7) is 1.96. The number of anilines is 1. The Balaban J connectivity index is 2.48. The molecule has 0 aliphatic carbocycles. The Hall–Kier alpha value is -1.16. The highest BCUT2D eigenvalue weighted by Gasteiger charge is 2.15. The Bertz CT molecular complexity index is 565. The van der Waals surface area contributed by atoms with Crippen LogP contribution in [0.15, 0.2) is 29.2 Å². The number of sulfonamides is 1. The first-order valence-electron chi connectivity index (χ1n) is 6.42. The minimum absolute atomic E-state index is 0.0217. The van der Waals surface area contributed by atoms with Crippen LogP contribution in [0.3, 0.4) is 0 Å². The summed E-state index contributed by atoms with van der Waals surface area (Å²) in [4.78, 5) is 0.893. The molecule has 0 saturated carbocycles. The summed E-state index contributed by atoms with van der Waals surface area (Å²) in [5.74, 6) is 2.92. The summed E-state index contributed by atoms with van der Waals surface area (Å²) >= 11 is 1.43. The van der Waals surface area contributed by atoms with Crippen molar-refractivity contribution in [2.45, 2.75) is 30.7 Å². The molecular formula is C14H20N2O2S2. The van der Waals surface area contributed by atoms with Crippen LogP contribution < -0.4 is 10.5 Å². The maximum atomic E-state index is 11.9. The molecule has 1 unspecified atom stereocenters. The molecule has 0 aromatic heterocycles. The van der Waals surface area contributed by atoms with Crippen molar-refractivity contribution in [3.05, 3.63) is 24.3 Å². The molecule has 1 aromatic carbocycles. The van der Waals surface area contributed by atoms with Gasteiger partial charge in [0, 0.05) is 16.3 Å². The van der Waals surface area contributed by atoms with Crippen molar-refractivity contribution in [1.29, 1.82) is 0 Å². The van der Waals surface area contributed by atoms with E-state index in [9.17, 15) is 8.42 Å². The summed E-state index contributed by atoms with van der Waals surface area (Å²) in [6, 6.07) is 6.98. The summed E-state index contributed by atoms with van der Waals surface area (Å²) in [6.07, 6.45) is 6.79. The van der Waals surface area contributed by atoms with Gasteiger partial charge in [0.05, 0.1) is 11.8 Å². The average molecular weight is 312 g/mol. The molecule has 1 aromatic rings. The van der Waals surface area contributed by atoms with Gasteiger partial charge in [-0.15, -0.1) is 18.2 Å². The second-order valence-electron chi connectivity index (χ2n) is 4.33. The van der Waals surface area contributed by atoms with E-state index >= 15 is 0 Å². The normalized spacial score (nSPS) is 12.8. The molecule has 110 valence electrons. The monoisotopic (exact) mass is 312 g/mol. The predicted octanol–water partition coefficient (Wildman–Crippen LogP) is 2.08. The third-order valence-electron chi connectivity index (χ3n) is 2.63. The van der Waals surface area contributed by atoms with Crippen LogP contribution in [0.25, 0.3) is 0 Å². The minimum atomic E-state index is -3.35. The van der Waals surface area contributed by atoms with Crippen LogP contribution in [0.2, 0.25) is 0 Å². The Morgan fingerprint density at radius 1 is 1.45 bits per heavy atom. The van der Waals surface area contributed by atoms with Gasteiger partial charge in [0.25, 0.3) is 0 Å². The number of hydrogen-bond acceptors (Lipinski definition) is 4. The molecular weight excluding hydrogens is 292 g/mol. The lowest BCUT2D eigenvalue weighted by atomic mass is 10.2. The summed E-state index contributed by atoms with van der Waals surface area (Å²) in [7, 11) is -3.35. The number of nitrogens with two attached hydrogens (primary N) is 1. The van der Waals surface area contributed by atoms with Crippen LogP contribution in [0.1, 0.15) is 19.8 Å². The Morgan fingerprint density at radius 2 is 2.15 bits per heavy atom. The van der Waals surface area contributed by atoms with Crippen molar-refractivity contribution >= 4 is 27.5 Å². The van der Waals surface area contributed by atoms with Gasteiger partial charge in [-0.1, -0.05) is 31.4 Å². The first kappa shape index (κ1) is 16.9. The number of terminal acetylenes is 1. The van der Waals surface area contributed by atoms with Crippen LogP contribution in [0.4, 0.5) is 5.69 Å². The van der Waals surface area contributed by atoms with Gasteiger partial charge < -0.3 is 5.73 Å². The number of nitrogens with one attached hydrogen (secondary N) is 1. The Labute approximate surface area is 125 Å². The van der Waals surface area contributed by atoms with Crippen LogP contribution in [0.5, 0.6) is 0 Å². The minimum Gasteiger partial charge on any atom is -0.398 e. The van der Waals surface area contributed by atoms with Crippen molar-refractivity contribution in [3.8, 4) is 12.3 Å². The first-order valence-corrected chi connectivity index (χ1v) is 9.05. The van der Waals surface area contributed by atoms with E-state index < -0.39 is 16.1 Å². The van der Waals surface area contributed by atoms with E-state index in [1.165, 1.54) is 11.8 Å². The fourth-order valence-corrected chi connectivity index (χ4v) is 4.19. The largest absolute Gasteiger partial charge is 0.398 e. The maximum absolute atomic E-state index is 11.9. The van der Waals surface area contributed by atoms with E-state index in [0.29, 0.717) is 17.9 Å². The van der Waals surface area contributed by atoms with Crippen LogP contribution in [-0.2, 0) is 10.0 Å². The van der Waals surface area contributed by atoms with Gasteiger partial charge in [0.15, 0.2) is 0 Å². The smallest absolute Gasteiger partial charge is 0.213 e. The molecule has 20 heavy (non-hydrogen) atoms. The lowest BCUT2D eigenvalue weighted by Crippen LogP contribution is -2.35. The van der Waals surface area contributed by atoms with Gasteiger partial charge in [-0.25, -0.2) is 13.1 Å². The molecule has 1 rings (SSSR count).